The molecule has 4 heteroatoms. The van der Waals surface area contributed by atoms with Gasteiger partial charge >= 0.3 is 11.9 Å². The Morgan fingerprint density at radius 3 is 2.24 bits per heavy atom. The summed E-state index contributed by atoms with van der Waals surface area (Å²) in [6.45, 7) is 3.71. The van der Waals surface area contributed by atoms with E-state index in [0.29, 0.717) is 19.3 Å². The topological polar surface area (TPSA) is 74.6 Å². The van der Waals surface area contributed by atoms with Gasteiger partial charge in [-0.05, 0) is 26.2 Å². The van der Waals surface area contributed by atoms with Crippen LogP contribution in [-0.4, -0.2) is 22.2 Å². The molecule has 0 saturated heterocycles. The lowest BCUT2D eigenvalue weighted by molar-refractivity contribution is -0.170. The second-order valence-corrected chi connectivity index (χ2v) is 6.35. The molecule has 0 heterocycles. The van der Waals surface area contributed by atoms with E-state index < -0.39 is 22.8 Å². The maximum Gasteiger partial charge on any atom is 0.314 e. The summed E-state index contributed by atoms with van der Waals surface area (Å²) in [7, 11) is 0. The van der Waals surface area contributed by atoms with Crippen LogP contribution in [0.2, 0.25) is 0 Å². The molecule has 0 aliphatic heterocycles. The summed E-state index contributed by atoms with van der Waals surface area (Å²) in [5, 5.41) is 19.3. The third kappa shape index (κ3) is 3.66. The molecule has 1 aliphatic carbocycles. The fraction of sp³-hybridized carbons (Fsp3) is 0.765. The van der Waals surface area contributed by atoms with Gasteiger partial charge in [0.2, 0.25) is 0 Å². The number of hydrogen-bond donors (Lipinski definition) is 2. The first-order valence-corrected chi connectivity index (χ1v) is 8.05. The zero-order valence-corrected chi connectivity index (χ0v) is 13.2. The van der Waals surface area contributed by atoms with Crippen molar-refractivity contribution in [3.05, 3.63) is 12.2 Å². The highest BCUT2D eigenvalue weighted by Crippen LogP contribution is 2.51. The fourth-order valence-electron chi connectivity index (χ4n) is 3.37. The summed E-state index contributed by atoms with van der Waals surface area (Å²) < 4.78 is 0. The molecular weight excluding hydrogens is 268 g/mol. The van der Waals surface area contributed by atoms with Crippen molar-refractivity contribution in [2.45, 2.75) is 71.6 Å². The van der Waals surface area contributed by atoms with Crippen LogP contribution >= 0.6 is 0 Å². The number of unbranched alkanes of at least 4 members (excludes halogenated alkanes) is 5. The summed E-state index contributed by atoms with van der Waals surface area (Å²) in [4.78, 5) is 23.5. The molecule has 2 atom stereocenters. The third-order valence-corrected chi connectivity index (χ3v) is 4.99. The Balaban J connectivity index is 2.76. The van der Waals surface area contributed by atoms with E-state index >= 15 is 0 Å². The van der Waals surface area contributed by atoms with Crippen molar-refractivity contribution in [1.29, 1.82) is 0 Å². The van der Waals surface area contributed by atoms with E-state index in [1.54, 1.807) is 19.1 Å². The first kappa shape index (κ1) is 17.7. The standard InChI is InChI=1S/C17H28O4/c1-3-4-5-6-7-8-12-17(15(20)21)13-10-9-11-16(17,2)14(18)19/h9,11H,3-8,10,12-13H2,1-2H3,(H,18,19)(H,20,21). The quantitative estimate of drug-likeness (QED) is 0.492. The molecule has 0 aromatic heterocycles. The molecule has 0 saturated carbocycles. The number of carboxylic acid groups (broad SMARTS) is 2. The second kappa shape index (κ2) is 7.62. The van der Waals surface area contributed by atoms with Crippen LogP contribution in [0.1, 0.15) is 71.6 Å². The Morgan fingerprint density at radius 1 is 1.05 bits per heavy atom. The van der Waals surface area contributed by atoms with Gasteiger partial charge in [0.25, 0.3) is 0 Å². The predicted octanol–water partition coefficient (Wildman–Crippen LogP) is 4.25. The van der Waals surface area contributed by atoms with Crippen molar-refractivity contribution in [1.82, 2.24) is 0 Å². The smallest absolute Gasteiger partial charge is 0.314 e. The lowest BCUT2D eigenvalue weighted by Gasteiger charge is -2.43. The molecule has 21 heavy (non-hydrogen) atoms. The number of rotatable bonds is 9. The minimum Gasteiger partial charge on any atom is -0.481 e. The van der Waals surface area contributed by atoms with Crippen LogP contribution in [0, 0.1) is 10.8 Å². The molecule has 2 N–H and O–H groups in total. The Kier molecular flexibility index (Phi) is 6.43. The maximum atomic E-state index is 11.9. The fourth-order valence-corrected chi connectivity index (χ4v) is 3.37. The number of hydrogen-bond acceptors (Lipinski definition) is 2. The zero-order chi connectivity index (χ0) is 15.9. The summed E-state index contributed by atoms with van der Waals surface area (Å²) in [5.74, 6) is -2.00. The monoisotopic (exact) mass is 296 g/mol. The maximum absolute atomic E-state index is 11.9. The zero-order valence-electron chi connectivity index (χ0n) is 13.2. The van der Waals surface area contributed by atoms with Gasteiger partial charge < -0.3 is 10.2 Å². The number of carbonyl (C=O) groups is 2. The summed E-state index contributed by atoms with van der Waals surface area (Å²) in [6, 6.07) is 0. The molecular formula is C17H28O4. The van der Waals surface area contributed by atoms with Crippen LogP contribution in [0.4, 0.5) is 0 Å². The molecule has 0 aromatic rings. The summed E-state index contributed by atoms with van der Waals surface area (Å²) >= 11 is 0. The average Bonchev–Trinajstić information content (AvgIpc) is 2.44. The first-order chi connectivity index (χ1) is 9.90. The summed E-state index contributed by atoms with van der Waals surface area (Å²) in [5.41, 5.74) is -2.47. The van der Waals surface area contributed by atoms with Crippen LogP contribution in [-0.2, 0) is 9.59 Å². The molecule has 2 unspecified atom stereocenters. The average molecular weight is 296 g/mol. The normalized spacial score (nSPS) is 28.5. The highest BCUT2D eigenvalue weighted by atomic mass is 16.4. The molecule has 4 nitrogen and oxygen atoms in total. The van der Waals surface area contributed by atoms with Crippen molar-refractivity contribution in [2.24, 2.45) is 10.8 Å². The van der Waals surface area contributed by atoms with E-state index in [1.807, 2.05) is 0 Å². The molecule has 0 bridgehead atoms. The van der Waals surface area contributed by atoms with Gasteiger partial charge in [-0.15, -0.1) is 0 Å². The molecule has 120 valence electrons. The Bertz CT molecular complexity index is 402. The van der Waals surface area contributed by atoms with Crippen LogP contribution < -0.4 is 0 Å². The third-order valence-electron chi connectivity index (χ3n) is 4.99. The molecule has 0 amide bonds. The Morgan fingerprint density at radius 2 is 1.67 bits per heavy atom. The highest BCUT2D eigenvalue weighted by molar-refractivity contribution is 5.88. The minimum atomic E-state index is -1.31. The number of allylic oxidation sites excluding steroid dienone is 1. The highest BCUT2D eigenvalue weighted by Gasteiger charge is 2.57. The van der Waals surface area contributed by atoms with Crippen molar-refractivity contribution in [2.75, 3.05) is 0 Å². The van der Waals surface area contributed by atoms with E-state index in [2.05, 4.69) is 6.92 Å². The molecule has 0 radical (unpaired) electrons. The van der Waals surface area contributed by atoms with E-state index in [-0.39, 0.29) is 0 Å². The van der Waals surface area contributed by atoms with Gasteiger partial charge in [0.15, 0.2) is 0 Å². The van der Waals surface area contributed by atoms with Gasteiger partial charge in [-0.2, -0.15) is 0 Å². The van der Waals surface area contributed by atoms with E-state index in [9.17, 15) is 19.8 Å². The van der Waals surface area contributed by atoms with Gasteiger partial charge in [0.05, 0.1) is 10.8 Å². The van der Waals surface area contributed by atoms with Crippen LogP contribution in [0.3, 0.4) is 0 Å². The van der Waals surface area contributed by atoms with Crippen LogP contribution in [0.25, 0.3) is 0 Å². The van der Waals surface area contributed by atoms with Crippen molar-refractivity contribution in [3.63, 3.8) is 0 Å². The molecule has 1 rings (SSSR count). The molecule has 0 fully saturated rings. The largest absolute Gasteiger partial charge is 0.481 e. The van der Waals surface area contributed by atoms with Gasteiger partial charge in [-0.1, -0.05) is 57.6 Å². The lowest BCUT2D eigenvalue weighted by atomic mass is 9.57. The molecule has 1 aliphatic rings. The number of aliphatic carboxylic acids is 2. The number of carboxylic acids is 2. The van der Waals surface area contributed by atoms with Gasteiger partial charge in [-0.25, -0.2) is 0 Å². The van der Waals surface area contributed by atoms with Crippen molar-refractivity contribution >= 4 is 11.9 Å². The van der Waals surface area contributed by atoms with E-state index in [1.165, 1.54) is 19.3 Å². The van der Waals surface area contributed by atoms with Crippen LogP contribution in [0.15, 0.2) is 12.2 Å². The first-order valence-electron chi connectivity index (χ1n) is 8.05. The Hall–Kier alpha value is -1.32. The Labute approximate surface area is 127 Å². The summed E-state index contributed by atoms with van der Waals surface area (Å²) in [6.07, 6.45) is 11.3. The van der Waals surface area contributed by atoms with Gasteiger partial charge in [-0.3, -0.25) is 9.59 Å². The second-order valence-electron chi connectivity index (χ2n) is 6.35. The van der Waals surface area contributed by atoms with Crippen molar-refractivity contribution in [3.8, 4) is 0 Å². The van der Waals surface area contributed by atoms with Crippen LogP contribution in [0.5, 0.6) is 0 Å². The minimum absolute atomic E-state index is 0.413. The van der Waals surface area contributed by atoms with E-state index in [0.717, 1.165) is 19.3 Å². The molecule has 0 spiro atoms. The SMILES string of the molecule is CCCCCCCCC1(C(=O)O)CCC=CC1(C)C(=O)O. The predicted molar refractivity (Wildman–Crippen MR) is 82.2 cm³/mol. The molecule has 0 aromatic carbocycles. The van der Waals surface area contributed by atoms with Crippen molar-refractivity contribution < 1.29 is 19.8 Å². The van der Waals surface area contributed by atoms with E-state index in [4.69, 9.17) is 0 Å². The lowest BCUT2D eigenvalue weighted by Crippen LogP contribution is -2.51. The van der Waals surface area contributed by atoms with Gasteiger partial charge in [0, 0.05) is 0 Å². The van der Waals surface area contributed by atoms with Gasteiger partial charge in [0.1, 0.15) is 0 Å².